The number of carbonyl (C=O) groups is 1. The summed E-state index contributed by atoms with van der Waals surface area (Å²) in [6.45, 7) is 0. The van der Waals surface area contributed by atoms with Crippen LogP contribution in [0, 0.1) is 99.9 Å². The van der Waals surface area contributed by atoms with Crippen LogP contribution < -0.4 is 0 Å². The molecule has 0 fully saturated rings. The molecule has 0 saturated carbocycles. The summed E-state index contributed by atoms with van der Waals surface area (Å²) in [6, 6.07) is 0. The van der Waals surface area contributed by atoms with Crippen LogP contribution in [0.25, 0.3) is 5.76 Å². The number of hydrogen-bond donors (Lipinski definition) is 1. The van der Waals surface area contributed by atoms with Gasteiger partial charge in [0.15, 0.2) is 52.3 Å². The molecule has 0 saturated heterocycles. The van der Waals surface area contributed by atoms with Crippen LogP contribution in [0.2, 0.25) is 0 Å². The second-order valence-corrected chi connectivity index (χ2v) is 4.78. The van der Waals surface area contributed by atoms with Gasteiger partial charge in [-0.05, 0) is 0 Å². The number of rotatable bonds is 3. The topological polar surface area (TPSA) is 37.3 Å². The van der Waals surface area contributed by atoms with E-state index in [0.29, 0.717) is 0 Å². The maximum atomic E-state index is 13.5. The Balaban J connectivity index is 0.00000392. The van der Waals surface area contributed by atoms with Crippen LogP contribution in [0.3, 0.4) is 0 Å². The third-order valence-corrected chi connectivity index (χ3v) is 3.19. The fraction of sp³-hybridized carbons (Fsp3) is 0. The zero-order valence-corrected chi connectivity index (χ0v) is 15.9. The summed E-state index contributed by atoms with van der Waals surface area (Å²) in [5, 5.41) is 9.43. The van der Waals surface area contributed by atoms with E-state index in [1.54, 1.807) is 0 Å². The summed E-state index contributed by atoms with van der Waals surface area (Å²) < 4.78 is 132. The minimum Gasteiger partial charge on any atom is -0.507 e. The van der Waals surface area contributed by atoms with Crippen molar-refractivity contribution in [3.63, 3.8) is 0 Å². The van der Waals surface area contributed by atoms with E-state index >= 15 is 0 Å². The van der Waals surface area contributed by atoms with Crippen molar-refractivity contribution in [3.05, 3.63) is 75.4 Å². The van der Waals surface area contributed by atoms with Crippen molar-refractivity contribution in [1.82, 2.24) is 0 Å². The van der Waals surface area contributed by atoms with Crippen LogP contribution in [0.15, 0.2) is 6.08 Å². The molecule has 0 atom stereocenters. The molecular formula is C15H2CeF10O2. The molecule has 0 unspecified atom stereocenters. The van der Waals surface area contributed by atoms with Crippen LogP contribution in [0.5, 0.6) is 0 Å². The molecule has 2 aromatic rings. The average Bonchev–Trinajstić information content (AvgIpc) is 2.61. The first-order chi connectivity index (χ1) is 12.4. The van der Waals surface area contributed by atoms with Crippen LogP contribution in [0.4, 0.5) is 43.9 Å². The predicted octanol–water partition coefficient (Wildman–Crippen LogP) is 4.86. The molecule has 148 valence electrons. The number of ketones is 1. The molecule has 0 aliphatic carbocycles. The average molecular weight is 544 g/mol. The first-order valence-corrected chi connectivity index (χ1v) is 6.39. The van der Waals surface area contributed by atoms with E-state index in [1.807, 2.05) is 0 Å². The fourth-order valence-electron chi connectivity index (χ4n) is 1.92. The number of allylic oxidation sites excluding steroid dienone is 1. The Morgan fingerprint density at radius 1 is 0.536 bits per heavy atom. The van der Waals surface area contributed by atoms with Gasteiger partial charge in [0.25, 0.3) is 0 Å². The zero-order chi connectivity index (χ0) is 20.8. The largest absolute Gasteiger partial charge is 0.507 e. The molecule has 2 rings (SSSR count). The number of aliphatic hydroxyl groups excluding tert-OH is 1. The van der Waals surface area contributed by atoms with Crippen molar-refractivity contribution >= 4 is 11.5 Å². The van der Waals surface area contributed by atoms with Crippen molar-refractivity contribution in [1.29, 1.82) is 0 Å². The van der Waals surface area contributed by atoms with Crippen LogP contribution in [-0.2, 0) is 0 Å². The van der Waals surface area contributed by atoms with E-state index in [4.69, 9.17) is 0 Å². The van der Waals surface area contributed by atoms with Gasteiger partial charge in [-0.15, -0.1) is 0 Å². The van der Waals surface area contributed by atoms with Crippen molar-refractivity contribution in [2.45, 2.75) is 0 Å². The fourth-order valence-corrected chi connectivity index (χ4v) is 1.92. The minimum atomic E-state index is -2.62. The normalized spacial score (nSPS) is 11.4. The van der Waals surface area contributed by atoms with Crippen LogP contribution in [-0.4, -0.2) is 10.9 Å². The molecule has 0 aliphatic heterocycles. The first kappa shape index (κ1) is 24.4. The molecule has 2 aromatic carbocycles. The van der Waals surface area contributed by atoms with E-state index in [-0.39, 0.29) is 41.7 Å². The van der Waals surface area contributed by atoms with Gasteiger partial charge in [-0.25, -0.2) is 43.9 Å². The first-order valence-electron chi connectivity index (χ1n) is 6.39. The Morgan fingerprint density at radius 3 is 1.11 bits per heavy atom. The van der Waals surface area contributed by atoms with Crippen molar-refractivity contribution in [2.75, 3.05) is 0 Å². The summed E-state index contributed by atoms with van der Waals surface area (Å²) in [4.78, 5) is 11.7. The van der Waals surface area contributed by atoms with Gasteiger partial charge in [-0.3, -0.25) is 4.79 Å². The van der Waals surface area contributed by atoms with Crippen LogP contribution in [0.1, 0.15) is 15.9 Å². The molecular weight excluding hydrogens is 542 g/mol. The number of benzene rings is 2. The number of aliphatic hydroxyl groups is 1. The molecule has 0 aromatic heterocycles. The van der Waals surface area contributed by atoms with E-state index in [1.165, 1.54) is 0 Å². The quantitative estimate of drug-likeness (QED) is 0.150. The number of halogens is 10. The molecule has 0 radical (unpaired) electrons. The third-order valence-electron chi connectivity index (χ3n) is 3.19. The molecule has 0 aliphatic rings. The predicted molar refractivity (Wildman–Crippen MR) is 67.4 cm³/mol. The Bertz CT molecular complexity index is 961. The summed E-state index contributed by atoms with van der Waals surface area (Å²) in [6.07, 6.45) is -0.476. The third kappa shape index (κ3) is 3.89. The van der Waals surface area contributed by atoms with Gasteiger partial charge in [-0.2, -0.15) is 0 Å². The Kier molecular flexibility index (Phi) is 7.64. The molecule has 0 spiro atoms. The van der Waals surface area contributed by atoms with Gasteiger partial charge in [0.1, 0.15) is 5.76 Å². The molecule has 0 heterocycles. The monoisotopic (exact) mass is 544 g/mol. The zero-order valence-electron chi connectivity index (χ0n) is 12.7. The van der Waals surface area contributed by atoms with Crippen molar-refractivity contribution in [2.24, 2.45) is 0 Å². The summed E-state index contributed by atoms with van der Waals surface area (Å²) in [5.74, 6) is -30.1. The molecule has 2 nitrogen and oxygen atoms in total. The molecule has 1 N–H and O–H groups in total. The maximum Gasteiger partial charge on any atom is 0.200 e. The smallest absolute Gasteiger partial charge is 0.200 e. The molecule has 28 heavy (non-hydrogen) atoms. The summed E-state index contributed by atoms with van der Waals surface area (Å²) in [7, 11) is 0. The van der Waals surface area contributed by atoms with Gasteiger partial charge >= 0.3 is 0 Å². The molecule has 13 heteroatoms. The van der Waals surface area contributed by atoms with E-state index in [0.717, 1.165) is 0 Å². The Morgan fingerprint density at radius 2 is 0.786 bits per heavy atom. The number of hydrogen-bond acceptors (Lipinski definition) is 2. The summed E-state index contributed by atoms with van der Waals surface area (Å²) in [5.41, 5.74) is -4.18. The van der Waals surface area contributed by atoms with Gasteiger partial charge in [0.05, 0.1) is 11.1 Å². The molecule has 0 amide bonds. The second kappa shape index (κ2) is 8.78. The standard InChI is InChI=1S/C15H2F10O2.Ce/c16-6-4(7(17)11(21)14(24)10(6)20)2(26)1-3(27)5-8(18)12(22)15(25)13(23)9(5)19;/h1,26H;/b2-1-;. The minimum absolute atomic E-state index is 0. The van der Waals surface area contributed by atoms with Gasteiger partial charge < -0.3 is 5.11 Å². The number of carbonyl (C=O) groups excluding carboxylic acids is 1. The van der Waals surface area contributed by atoms with E-state index < -0.39 is 86.9 Å². The van der Waals surface area contributed by atoms with Crippen molar-refractivity contribution in [3.8, 4) is 0 Å². The van der Waals surface area contributed by atoms with E-state index in [9.17, 15) is 53.8 Å². The van der Waals surface area contributed by atoms with Gasteiger partial charge in [0.2, 0.25) is 11.6 Å². The van der Waals surface area contributed by atoms with Gasteiger partial charge in [0, 0.05) is 47.8 Å². The molecule has 0 bridgehead atoms. The van der Waals surface area contributed by atoms with Crippen molar-refractivity contribution < 1.29 is 95.6 Å². The van der Waals surface area contributed by atoms with Crippen LogP contribution >= 0.6 is 0 Å². The summed E-state index contributed by atoms with van der Waals surface area (Å²) >= 11 is 0. The van der Waals surface area contributed by atoms with E-state index in [2.05, 4.69) is 0 Å². The Hall–Kier alpha value is -1.67. The second-order valence-electron chi connectivity index (χ2n) is 4.78. The SMILES string of the molecule is O=C(/C=C(\O)c1c(F)c(F)c(F)c(F)c1F)c1c(F)c(F)c(F)c(F)c1F.[Ce]. The maximum absolute atomic E-state index is 13.5. The van der Waals surface area contributed by atoms with Gasteiger partial charge in [-0.1, -0.05) is 0 Å². The Labute approximate surface area is 181 Å².